The topological polar surface area (TPSA) is 81.6 Å². The van der Waals surface area contributed by atoms with E-state index in [1.807, 2.05) is 30.3 Å². The van der Waals surface area contributed by atoms with Crippen LogP contribution in [0, 0.1) is 0 Å². The first-order valence-corrected chi connectivity index (χ1v) is 8.57. The van der Waals surface area contributed by atoms with Crippen LogP contribution < -0.4 is 10.6 Å². The van der Waals surface area contributed by atoms with Gasteiger partial charge in [0.05, 0.1) is 12.1 Å². The van der Waals surface area contributed by atoms with Crippen LogP contribution in [0.4, 0.5) is 4.79 Å². The lowest BCUT2D eigenvalue weighted by Gasteiger charge is -2.23. The minimum atomic E-state index is -1.17. The van der Waals surface area contributed by atoms with Crippen molar-refractivity contribution >= 4 is 29.3 Å². The molecule has 0 aliphatic heterocycles. The number of nitrogens with one attached hydrogen (secondary N) is 2. The fourth-order valence-electron chi connectivity index (χ4n) is 2.53. The molecule has 5 nitrogen and oxygen atoms in total. The Bertz CT molecular complexity index is 678. The summed E-state index contributed by atoms with van der Waals surface area (Å²) in [6.07, 6.45) is -1.65. The number of hydrogen-bond acceptors (Lipinski definition) is 3. The average Bonchev–Trinajstić information content (AvgIpc) is 2.54. The number of halogens is 2. The summed E-state index contributed by atoms with van der Waals surface area (Å²) in [5.41, 5.74) is 1.83. The van der Waals surface area contributed by atoms with Crippen LogP contribution in [0.1, 0.15) is 11.1 Å². The number of carboxylic acid groups (broad SMARTS) is 1. The summed E-state index contributed by atoms with van der Waals surface area (Å²) in [6.45, 7) is 0.685. The standard InChI is InChI=1S/C18H20Cl2N2O3/c19-14-6-13(7-15(20)9-14)10-21-11-17(23)16(22-18(24)25)8-12-4-2-1-3-5-12/h1-7,9,16-17,21-23H,8,10-11H2,(H,24,25)/t16-,17+/m0/s1. The van der Waals surface area contributed by atoms with Gasteiger partial charge in [-0.25, -0.2) is 4.79 Å². The third-order valence-corrected chi connectivity index (χ3v) is 4.11. The Morgan fingerprint density at radius 1 is 1.04 bits per heavy atom. The molecule has 2 aromatic carbocycles. The molecule has 1 amide bonds. The molecule has 0 radical (unpaired) electrons. The van der Waals surface area contributed by atoms with Crippen molar-refractivity contribution in [1.82, 2.24) is 10.6 Å². The molecule has 25 heavy (non-hydrogen) atoms. The first-order valence-electron chi connectivity index (χ1n) is 7.81. The van der Waals surface area contributed by atoms with Crippen molar-refractivity contribution in [2.24, 2.45) is 0 Å². The molecule has 134 valence electrons. The van der Waals surface area contributed by atoms with E-state index >= 15 is 0 Å². The van der Waals surface area contributed by atoms with Gasteiger partial charge in [0, 0.05) is 23.1 Å². The molecular formula is C18H20Cl2N2O3. The van der Waals surface area contributed by atoms with E-state index in [4.69, 9.17) is 28.3 Å². The number of rotatable bonds is 8. The summed E-state index contributed by atoms with van der Waals surface area (Å²) in [4.78, 5) is 11.0. The van der Waals surface area contributed by atoms with Gasteiger partial charge in [-0.1, -0.05) is 53.5 Å². The summed E-state index contributed by atoms with van der Waals surface area (Å²) in [5.74, 6) is 0. The van der Waals surface area contributed by atoms with Gasteiger partial charge in [-0.2, -0.15) is 0 Å². The Balaban J connectivity index is 1.92. The van der Waals surface area contributed by atoms with Crippen LogP contribution in [0.15, 0.2) is 48.5 Å². The first-order chi connectivity index (χ1) is 11.9. The molecule has 0 fully saturated rings. The lowest BCUT2D eigenvalue weighted by Crippen LogP contribution is -2.48. The highest BCUT2D eigenvalue weighted by atomic mass is 35.5. The van der Waals surface area contributed by atoms with E-state index in [-0.39, 0.29) is 6.54 Å². The molecule has 7 heteroatoms. The van der Waals surface area contributed by atoms with Crippen LogP contribution in [0.5, 0.6) is 0 Å². The van der Waals surface area contributed by atoms with E-state index in [1.54, 1.807) is 18.2 Å². The van der Waals surface area contributed by atoms with Gasteiger partial charge in [0.25, 0.3) is 0 Å². The Morgan fingerprint density at radius 3 is 2.28 bits per heavy atom. The lowest BCUT2D eigenvalue weighted by molar-refractivity contribution is 0.117. The normalized spacial score (nSPS) is 13.2. The molecule has 0 spiro atoms. The molecule has 0 heterocycles. The number of hydrogen-bond donors (Lipinski definition) is 4. The van der Waals surface area contributed by atoms with Gasteiger partial charge >= 0.3 is 6.09 Å². The van der Waals surface area contributed by atoms with Crippen LogP contribution in [-0.4, -0.2) is 35.0 Å². The molecule has 0 saturated heterocycles. The van der Waals surface area contributed by atoms with Crippen molar-refractivity contribution < 1.29 is 15.0 Å². The maximum atomic E-state index is 11.0. The van der Waals surface area contributed by atoms with E-state index < -0.39 is 18.2 Å². The fraction of sp³-hybridized carbons (Fsp3) is 0.278. The first kappa shape index (κ1) is 19.5. The highest BCUT2D eigenvalue weighted by Crippen LogP contribution is 2.18. The van der Waals surface area contributed by atoms with Gasteiger partial charge in [-0.15, -0.1) is 0 Å². The number of benzene rings is 2. The molecule has 0 aliphatic rings. The summed E-state index contributed by atoms with van der Waals surface area (Å²) in [5, 5.41) is 25.9. The van der Waals surface area contributed by atoms with Crippen LogP contribution >= 0.6 is 23.2 Å². The minimum absolute atomic E-state index is 0.224. The monoisotopic (exact) mass is 382 g/mol. The molecule has 0 aromatic heterocycles. The van der Waals surface area contributed by atoms with Crippen molar-refractivity contribution in [1.29, 1.82) is 0 Å². The molecule has 0 aliphatic carbocycles. The Labute approximate surface area is 156 Å². The van der Waals surface area contributed by atoms with E-state index in [1.165, 1.54) is 0 Å². The Kier molecular flexibility index (Phi) is 7.52. The molecule has 2 atom stereocenters. The van der Waals surface area contributed by atoms with Gasteiger partial charge in [-0.05, 0) is 35.7 Å². The molecule has 4 N–H and O–H groups in total. The van der Waals surface area contributed by atoms with Gasteiger partial charge in [0.1, 0.15) is 0 Å². The fourth-order valence-corrected chi connectivity index (χ4v) is 3.10. The summed E-state index contributed by atoms with van der Waals surface area (Å²) < 4.78 is 0. The van der Waals surface area contributed by atoms with Crippen molar-refractivity contribution in [3.8, 4) is 0 Å². The number of aliphatic hydroxyl groups is 1. The predicted octanol–water partition coefficient (Wildman–Crippen LogP) is 3.32. The van der Waals surface area contributed by atoms with Gasteiger partial charge < -0.3 is 20.8 Å². The number of carbonyl (C=O) groups is 1. The van der Waals surface area contributed by atoms with Crippen LogP contribution in [0.2, 0.25) is 10.0 Å². The van der Waals surface area contributed by atoms with Gasteiger partial charge in [0.15, 0.2) is 0 Å². The third kappa shape index (κ3) is 6.92. The van der Waals surface area contributed by atoms with Crippen molar-refractivity contribution in [3.05, 3.63) is 69.7 Å². The second-order valence-corrected chi connectivity index (χ2v) is 6.59. The minimum Gasteiger partial charge on any atom is -0.465 e. The summed E-state index contributed by atoms with van der Waals surface area (Å²) in [6, 6.07) is 14.0. The van der Waals surface area contributed by atoms with Crippen LogP contribution in [0.3, 0.4) is 0 Å². The summed E-state index contributed by atoms with van der Waals surface area (Å²) >= 11 is 11.9. The quantitative estimate of drug-likeness (QED) is 0.564. The SMILES string of the molecule is O=C(O)N[C@@H](Cc1ccccc1)[C@H](O)CNCc1cc(Cl)cc(Cl)c1. The van der Waals surface area contributed by atoms with E-state index in [0.29, 0.717) is 23.0 Å². The third-order valence-electron chi connectivity index (χ3n) is 3.68. The molecule has 2 aromatic rings. The largest absolute Gasteiger partial charge is 0.465 e. The molecule has 0 unspecified atom stereocenters. The van der Waals surface area contributed by atoms with E-state index in [0.717, 1.165) is 11.1 Å². The Morgan fingerprint density at radius 2 is 1.68 bits per heavy atom. The maximum Gasteiger partial charge on any atom is 0.404 e. The van der Waals surface area contributed by atoms with E-state index in [2.05, 4.69) is 10.6 Å². The van der Waals surface area contributed by atoms with Crippen LogP contribution in [-0.2, 0) is 13.0 Å². The van der Waals surface area contributed by atoms with Crippen LogP contribution in [0.25, 0.3) is 0 Å². The van der Waals surface area contributed by atoms with Crippen molar-refractivity contribution in [3.63, 3.8) is 0 Å². The highest BCUT2D eigenvalue weighted by molar-refractivity contribution is 6.34. The zero-order valence-electron chi connectivity index (χ0n) is 13.5. The zero-order valence-corrected chi connectivity index (χ0v) is 15.0. The van der Waals surface area contributed by atoms with Gasteiger partial charge in [-0.3, -0.25) is 0 Å². The number of amides is 1. The Hall–Kier alpha value is -1.79. The van der Waals surface area contributed by atoms with Crippen molar-refractivity contribution in [2.45, 2.75) is 25.1 Å². The second-order valence-electron chi connectivity index (χ2n) is 5.72. The number of aliphatic hydroxyl groups excluding tert-OH is 1. The smallest absolute Gasteiger partial charge is 0.404 e. The predicted molar refractivity (Wildman–Crippen MR) is 99.3 cm³/mol. The molecular weight excluding hydrogens is 363 g/mol. The maximum absolute atomic E-state index is 11.0. The second kappa shape index (κ2) is 9.63. The van der Waals surface area contributed by atoms with Gasteiger partial charge in [0.2, 0.25) is 0 Å². The zero-order chi connectivity index (χ0) is 18.2. The molecule has 2 rings (SSSR count). The average molecular weight is 383 g/mol. The lowest BCUT2D eigenvalue weighted by atomic mass is 10.0. The highest BCUT2D eigenvalue weighted by Gasteiger charge is 2.21. The summed E-state index contributed by atoms with van der Waals surface area (Å²) in [7, 11) is 0. The molecule has 0 saturated carbocycles. The van der Waals surface area contributed by atoms with Crippen molar-refractivity contribution in [2.75, 3.05) is 6.54 Å². The van der Waals surface area contributed by atoms with E-state index in [9.17, 15) is 9.90 Å². The molecule has 0 bridgehead atoms.